The van der Waals surface area contributed by atoms with Crippen LogP contribution in [0.15, 0.2) is 30.3 Å². The van der Waals surface area contributed by atoms with Crippen LogP contribution in [-0.2, 0) is 0 Å². The highest BCUT2D eigenvalue weighted by Crippen LogP contribution is 2.33. The van der Waals surface area contributed by atoms with Crippen LogP contribution in [0, 0.1) is 12.0 Å². The largest absolute Gasteiger partial charge is 0.0622 e. The van der Waals surface area contributed by atoms with Gasteiger partial charge >= 0.3 is 0 Å². The van der Waals surface area contributed by atoms with Crippen molar-refractivity contribution in [3.05, 3.63) is 42.0 Å². The van der Waals surface area contributed by atoms with Crippen LogP contribution in [0.2, 0.25) is 0 Å². The molecule has 0 nitrogen and oxygen atoms in total. The maximum atomic E-state index is 3.33. The fourth-order valence-electron chi connectivity index (χ4n) is 1.41. The highest BCUT2D eigenvalue weighted by atomic mass is 14.2. The lowest BCUT2D eigenvalue weighted by Gasteiger charge is -2.22. The van der Waals surface area contributed by atoms with Crippen molar-refractivity contribution >= 4 is 5.57 Å². The average molecular weight is 143 g/mol. The van der Waals surface area contributed by atoms with Gasteiger partial charge in [-0.1, -0.05) is 37.3 Å². The molecule has 0 bridgehead atoms. The molecule has 1 aromatic carbocycles. The summed E-state index contributed by atoms with van der Waals surface area (Å²) in [6.07, 6.45) is 4.46. The minimum Gasteiger partial charge on any atom is -0.0622 e. The van der Waals surface area contributed by atoms with Gasteiger partial charge in [0, 0.05) is 0 Å². The Morgan fingerprint density at radius 2 is 2.00 bits per heavy atom. The molecular weight excluding hydrogens is 132 g/mol. The molecule has 2 rings (SSSR count). The first-order valence-corrected chi connectivity index (χ1v) is 4.04. The first-order valence-electron chi connectivity index (χ1n) is 4.04. The summed E-state index contributed by atoms with van der Waals surface area (Å²) in [5.74, 6) is 0.720. The van der Waals surface area contributed by atoms with Gasteiger partial charge in [0.1, 0.15) is 0 Å². The first kappa shape index (κ1) is 6.66. The molecule has 1 aliphatic carbocycles. The Bertz CT molecular complexity index is 269. The lowest BCUT2D eigenvalue weighted by molar-refractivity contribution is 0.691. The smallest absolute Gasteiger partial charge is 0.0141 e. The molecule has 11 heavy (non-hydrogen) atoms. The third-order valence-corrected chi connectivity index (χ3v) is 2.18. The van der Waals surface area contributed by atoms with Gasteiger partial charge < -0.3 is 0 Å². The lowest BCUT2D eigenvalue weighted by atomic mass is 9.82. The van der Waals surface area contributed by atoms with Gasteiger partial charge in [-0.3, -0.25) is 0 Å². The molecule has 1 aromatic rings. The van der Waals surface area contributed by atoms with Gasteiger partial charge in [-0.25, -0.2) is 0 Å². The second-order valence-electron chi connectivity index (χ2n) is 3.06. The fraction of sp³-hybridized carbons (Fsp3) is 0.273. The molecule has 0 N–H and O–H groups in total. The summed E-state index contributed by atoms with van der Waals surface area (Å²) < 4.78 is 0. The van der Waals surface area contributed by atoms with Gasteiger partial charge in [0.15, 0.2) is 0 Å². The van der Waals surface area contributed by atoms with Crippen molar-refractivity contribution < 1.29 is 0 Å². The molecule has 0 saturated heterocycles. The monoisotopic (exact) mass is 143 g/mol. The van der Waals surface area contributed by atoms with E-state index in [1.54, 1.807) is 0 Å². The first-order chi connectivity index (χ1) is 5.38. The van der Waals surface area contributed by atoms with Gasteiger partial charge in [0.2, 0.25) is 0 Å². The van der Waals surface area contributed by atoms with Crippen LogP contribution in [0.4, 0.5) is 0 Å². The van der Waals surface area contributed by atoms with Gasteiger partial charge in [-0.15, -0.1) is 0 Å². The molecule has 0 heterocycles. The Kier molecular flexibility index (Phi) is 1.54. The fourth-order valence-corrected chi connectivity index (χ4v) is 1.41. The van der Waals surface area contributed by atoms with Crippen LogP contribution < -0.4 is 0 Å². The molecule has 0 amide bonds. The Morgan fingerprint density at radius 3 is 2.45 bits per heavy atom. The van der Waals surface area contributed by atoms with E-state index in [1.807, 2.05) is 6.07 Å². The summed E-state index contributed by atoms with van der Waals surface area (Å²) in [5, 5.41) is 0. The lowest BCUT2D eigenvalue weighted by Crippen LogP contribution is -2.07. The van der Waals surface area contributed by atoms with E-state index in [1.165, 1.54) is 11.1 Å². The van der Waals surface area contributed by atoms with Crippen molar-refractivity contribution in [3.63, 3.8) is 0 Å². The van der Waals surface area contributed by atoms with Crippen molar-refractivity contribution in [1.82, 2.24) is 0 Å². The number of hydrogen-bond donors (Lipinski definition) is 0. The van der Waals surface area contributed by atoms with E-state index in [2.05, 4.69) is 37.3 Å². The second kappa shape index (κ2) is 2.54. The molecule has 0 heteroatoms. The van der Waals surface area contributed by atoms with Gasteiger partial charge in [-0.2, -0.15) is 0 Å². The average Bonchev–Trinajstić information content (AvgIpc) is 2.04. The highest BCUT2D eigenvalue weighted by molar-refractivity contribution is 5.69. The summed E-state index contributed by atoms with van der Waals surface area (Å²) in [6, 6.07) is 10.5. The molecule has 1 unspecified atom stereocenters. The van der Waals surface area contributed by atoms with Crippen molar-refractivity contribution in [2.75, 3.05) is 0 Å². The van der Waals surface area contributed by atoms with Gasteiger partial charge in [-0.05, 0) is 29.6 Å². The summed E-state index contributed by atoms with van der Waals surface area (Å²) in [5.41, 5.74) is 2.73. The van der Waals surface area contributed by atoms with Crippen molar-refractivity contribution in [1.29, 1.82) is 0 Å². The Hall–Kier alpha value is -1.04. The molecule has 0 aliphatic heterocycles. The van der Waals surface area contributed by atoms with Gasteiger partial charge in [0.05, 0.1) is 0 Å². The quantitative estimate of drug-likeness (QED) is 0.567. The van der Waals surface area contributed by atoms with E-state index in [0.717, 1.165) is 12.3 Å². The van der Waals surface area contributed by atoms with Crippen LogP contribution in [-0.4, -0.2) is 0 Å². The number of hydrogen-bond acceptors (Lipinski definition) is 0. The number of benzene rings is 1. The Morgan fingerprint density at radius 1 is 1.27 bits per heavy atom. The maximum absolute atomic E-state index is 3.33. The zero-order valence-electron chi connectivity index (χ0n) is 6.67. The van der Waals surface area contributed by atoms with Crippen LogP contribution in [0.25, 0.3) is 5.57 Å². The highest BCUT2D eigenvalue weighted by Gasteiger charge is 2.17. The Balaban J connectivity index is 2.31. The topological polar surface area (TPSA) is 0 Å². The molecule has 0 saturated carbocycles. The molecule has 0 fully saturated rings. The van der Waals surface area contributed by atoms with E-state index in [4.69, 9.17) is 0 Å². The number of allylic oxidation sites excluding steroid dienone is 2. The minimum absolute atomic E-state index is 0.720. The molecule has 55 valence electrons. The SMILES string of the molecule is CC1C[C]=C1c1ccccc1. The molecule has 0 aromatic heterocycles. The normalized spacial score (nSPS) is 22.3. The van der Waals surface area contributed by atoms with Crippen molar-refractivity contribution in [2.45, 2.75) is 13.3 Å². The summed E-state index contributed by atoms with van der Waals surface area (Å²) in [7, 11) is 0. The van der Waals surface area contributed by atoms with E-state index in [0.29, 0.717) is 0 Å². The third-order valence-electron chi connectivity index (χ3n) is 2.18. The van der Waals surface area contributed by atoms with Crippen LogP contribution in [0.3, 0.4) is 0 Å². The summed E-state index contributed by atoms with van der Waals surface area (Å²) in [6.45, 7) is 2.25. The summed E-state index contributed by atoms with van der Waals surface area (Å²) in [4.78, 5) is 0. The zero-order valence-corrected chi connectivity index (χ0v) is 6.67. The van der Waals surface area contributed by atoms with E-state index < -0.39 is 0 Å². The van der Waals surface area contributed by atoms with E-state index >= 15 is 0 Å². The van der Waals surface area contributed by atoms with Crippen LogP contribution in [0.5, 0.6) is 0 Å². The van der Waals surface area contributed by atoms with E-state index in [9.17, 15) is 0 Å². The molecule has 1 radical (unpaired) electrons. The van der Waals surface area contributed by atoms with Crippen LogP contribution >= 0.6 is 0 Å². The molecule has 1 atom stereocenters. The summed E-state index contributed by atoms with van der Waals surface area (Å²) >= 11 is 0. The van der Waals surface area contributed by atoms with E-state index in [-0.39, 0.29) is 0 Å². The molecular formula is C11H11. The maximum Gasteiger partial charge on any atom is -0.0141 e. The van der Waals surface area contributed by atoms with Crippen LogP contribution in [0.1, 0.15) is 18.9 Å². The minimum atomic E-state index is 0.720. The standard InChI is InChI=1S/C11H11/c1-9-7-8-11(9)10-5-3-2-4-6-10/h2-6,9H,7H2,1H3. The predicted octanol–water partition coefficient (Wildman–Crippen LogP) is 2.91. The Labute approximate surface area is 67.6 Å². The second-order valence-corrected chi connectivity index (χ2v) is 3.06. The van der Waals surface area contributed by atoms with Crippen molar-refractivity contribution in [2.24, 2.45) is 5.92 Å². The molecule has 1 aliphatic rings. The third kappa shape index (κ3) is 1.09. The predicted molar refractivity (Wildman–Crippen MR) is 46.9 cm³/mol. The zero-order chi connectivity index (χ0) is 7.68. The number of rotatable bonds is 1. The van der Waals surface area contributed by atoms with Crippen molar-refractivity contribution in [3.8, 4) is 0 Å². The van der Waals surface area contributed by atoms with Gasteiger partial charge in [0.25, 0.3) is 0 Å². The molecule has 0 spiro atoms.